The lowest BCUT2D eigenvalue weighted by atomic mass is 9.90. The maximum absolute atomic E-state index is 14.4. The molecule has 39 heteroatoms. The quantitative estimate of drug-likeness (QED) is 0.00388. The van der Waals surface area contributed by atoms with Gasteiger partial charge in [0.15, 0.2) is 21.7 Å². The maximum Gasteiger partial charge on any atom is 0.481 e. The van der Waals surface area contributed by atoms with Gasteiger partial charge < -0.3 is 84.6 Å². The Morgan fingerprint density at radius 1 is 0.659 bits per heavy atom. The normalized spacial score (nSPS) is 20.8. The minimum atomic E-state index is -5.15. The van der Waals surface area contributed by atoms with Gasteiger partial charge in [-0.05, 0) is 153 Å². The Kier molecular flexibility index (Phi) is 49.0. The number of nitrogens with zero attached hydrogens (tertiary/aromatic N) is 2. The molecule has 129 heavy (non-hydrogen) atoms. The van der Waals surface area contributed by atoms with E-state index in [0.29, 0.717) is 28.7 Å². The number of Topliss-reactive ketones (excluding diaryl/α,β-unsaturated/α-hetero) is 1. The van der Waals surface area contributed by atoms with Gasteiger partial charge in [0.05, 0.1) is 83.3 Å². The summed E-state index contributed by atoms with van der Waals surface area (Å²) in [4.78, 5) is 175. The first-order valence-corrected chi connectivity index (χ1v) is 49.0. The average Bonchev–Trinajstić information content (AvgIpc) is 0.875. The van der Waals surface area contributed by atoms with Gasteiger partial charge in [-0.15, -0.1) is 11.8 Å². The summed E-state index contributed by atoms with van der Waals surface area (Å²) >= 11 is 1.41. The molecular formula is C90H132N8O27P2S2. The number of esters is 2. The molecule has 8 amide bonds. The molecule has 1 heterocycles. The third kappa shape index (κ3) is 41.1. The van der Waals surface area contributed by atoms with Crippen LogP contribution < -0.4 is 31.9 Å². The molecule has 0 saturated heterocycles. The number of rotatable bonds is 46. The number of carbonyl (C=O) groups excluding carboxylic acids is 11. The first kappa shape index (κ1) is 110. The largest absolute Gasteiger partial charge is 0.481 e. The number of aryl methyl sites for hydroxylation is 2. The van der Waals surface area contributed by atoms with Gasteiger partial charge in [0.25, 0.3) is 11.8 Å². The molecule has 1 aliphatic heterocycles. The first-order chi connectivity index (χ1) is 61.1. The van der Waals surface area contributed by atoms with Crippen LogP contribution in [-0.2, 0) is 110 Å². The Morgan fingerprint density at radius 2 is 1.23 bits per heavy atom. The van der Waals surface area contributed by atoms with Crippen LogP contribution in [0.3, 0.4) is 0 Å². The lowest BCUT2D eigenvalue weighted by Crippen LogP contribution is -2.57. The van der Waals surface area contributed by atoms with Gasteiger partial charge in [-0.2, -0.15) is 4.31 Å². The average molecular weight is 1880 g/mol. The van der Waals surface area contributed by atoms with E-state index >= 15 is 0 Å². The van der Waals surface area contributed by atoms with Gasteiger partial charge in [0, 0.05) is 85.8 Å². The highest BCUT2D eigenvalue weighted by atomic mass is 32.2. The number of phosphoric ester groups is 2. The number of hydrogen-bond donors (Lipinski definition) is 8. The van der Waals surface area contributed by atoms with Gasteiger partial charge in [-0.25, -0.2) is 31.9 Å². The maximum atomic E-state index is 14.4. The van der Waals surface area contributed by atoms with E-state index in [4.69, 9.17) is 42.2 Å². The molecule has 0 saturated carbocycles. The molecule has 35 nitrogen and oxygen atoms in total. The van der Waals surface area contributed by atoms with Crippen molar-refractivity contribution in [1.29, 1.82) is 0 Å². The van der Waals surface area contributed by atoms with Crippen LogP contribution in [0.5, 0.6) is 0 Å². The van der Waals surface area contributed by atoms with Gasteiger partial charge in [-0.1, -0.05) is 131 Å². The monoisotopic (exact) mass is 1880 g/mol. The fourth-order valence-corrected chi connectivity index (χ4v) is 17.9. The van der Waals surface area contributed by atoms with Crippen LogP contribution in [0.15, 0.2) is 136 Å². The standard InChI is InChI=1S/C90H132N8O27P2S2/c1-15-63(7)80-85(104)95-68(12)89(108)124-82(64(8)16-2)66(10)76(28-23-25-65(9)88(107)122-77(55-60(3)4)84(103)94-67(11)86(105)98(14)75(56-69-26-19-17-20-27-69)87(106)97(13)57-79(100)96-80)123-90(109)93-42-21-18-22-45-120-126(110,111)125-127(112,113)121-46-24-43-91-78(99)41-47-116-49-51-118-53-54-119-52-50-117-48-44-92-83(102)71-35-33-70(34-36-71)81(101)72(58-128-73-37-29-61(5)30-38-73)59-129(114,115)74-39-31-62(6)32-40-74/h16-17,19-20,25-27,29-40,60,63,66-68,72,75-77,80,82H,15,18,21-24,28,41-59H2,1-14H3,(H,91,99)(H,92,102)(H,93,109)(H,94,103)(H,95,104)(H,96,100)(H,110,111)(H,112,113)/b64-16+,65-25+/t63?,66-,67-,68+,72?,75+,76-,77+,80-,82+/m0/s1. The lowest BCUT2D eigenvalue weighted by Gasteiger charge is -2.33. The Balaban J connectivity index is 0.990. The van der Waals surface area contributed by atoms with Crippen molar-refractivity contribution >= 4 is 102 Å². The van der Waals surface area contributed by atoms with E-state index in [1.54, 1.807) is 95.3 Å². The molecule has 4 aromatic carbocycles. The number of cyclic esters (lactones) is 2. The summed E-state index contributed by atoms with van der Waals surface area (Å²) in [6, 6.07) is 24.4. The highest BCUT2D eigenvalue weighted by Crippen LogP contribution is 2.60. The molecule has 8 N–H and O–H groups in total. The van der Waals surface area contributed by atoms with Gasteiger partial charge in [-0.3, -0.25) is 47.4 Å². The molecule has 0 aromatic heterocycles. The van der Waals surface area contributed by atoms with Crippen LogP contribution in [0.25, 0.3) is 0 Å². The topological polar surface area (TPSA) is 467 Å². The third-order valence-corrected chi connectivity index (χ3v) is 26.6. The number of nitrogens with one attached hydrogen (secondary N) is 6. The Bertz CT molecular complexity index is 4550. The van der Waals surface area contributed by atoms with Crippen LogP contribution in [0.4, 0.5) is 4.79 Å². The second kappa shape index (κ2) is 57.3. The van der Waals surface area contributed by atoms with Gasteiger partial charge in [0.1, 0.15) is 36.4 Å². The summed E-state index contributed by atoms with van der Waals surface area (Å²) in [7, 11) is -11.3. The van der Waals surface area contributed by atoms with E-state index in [1.165, 1.54) is 81.9 Å². The summed E-state index contributed by atoms with van der Waals surface area (Å²) < 4.78 is 106. The van der Waals surface area contributed by atoms with E-state index in [2.05, 4.69) is 36.2 Å². The number of allylic oxidation sites excluding steroid dienone is 2. The van der Waals surface area contributed by atoms with E-state index in [1.807, 2.05) is 52.0 Å². The number of amides is 8. The third-order valence-electron chi connectivity index (χ3n) is 20.9. The molecule has 0 spiro atoms. The van der Waals surface area contributed by atoms with Crippen molar-refractivity contribution in [3.05, 3.63) is 154 Å². The highest BCUT2D eigenvalue weighted by molar-refractivity contribution is 7.99. The number of sulfone groups is 1. The number of likely N-dealkylation sites (N-methyl/N-ethyl adjacent to an activating group) is 2. The molecule has 12 atom stereocenters. The Labute approximate surface area is 761 Å². The van der Waals surface area contributed by atoms with Crippen LogP contribution in [0, 0.1) is 37.5 Å². The molecule has 4 aromatic rings. The molecular weight excluding hydrogens is 1750 g/mol. The number of ether oxygens (including phenoxy) is 7. The molecule has 1 aliphatic rings. The Hall–Kier alpha value is -9.07. The summed E-state index contributed by atoms with van der Waals surface area (Å²) in [6.45, 7) is 20.9. The van der Waals surface area contributed by atoms with E-state index in [0.717, 1.165) is 20.9 Å². The van der Waals surface area contributed by atoms with Crippen LogP contribution >= 0.6 is 27.4 Å². The van der Waals surface area contributed by atoms with Crippen molar-refractivity contribution in [2.75, 3.05) is 118 Å². The van der Waals surface area contributed by atoms with E-state index in [-0.39, 0.29) is 176 Å². The fourth-order valence-electron chi connectivity index (χ4n) is 13.0. The highest BCUT2D eigenvalue weighted by Gasteiger charge is 2.40. The SMILES string of the molecule is C/C=C(\C)[C@H]1OC(=O)[C@@H](C)NC(=O)[C@H](C(C)CC)NC(=O)CN(C)C(=O)[C@@H](Cc2ccccc2)N(C)C(=O)[C@H](C)NC(=O)[C@@H](CC(C)C)OC(=O)/C(C)=C/CC[C@H](OC(=O)NCCCCCOP(=O)(O)OP(=O)(O)OCCCNC(=O)CCOCCOCCOCCOCCNC(=O)c2ccc(C(=O)C(CSc3ccc(C)cc3)CS(=O)(=O)c3ccc(C)cc3)cc2)[C@@H]1C. The van der Waals surface area contributed by atoms with Gasteiger partial charge >= 0.3 is 33.7 Å². The van der Waals surface area contributed by atoms with Crippen molar-refractivity contribution in [3.63, 3.8) is 0 Å². The molecule has 0 bridgehead atoms. The molecule has 716 valence electrons. The Morgan fingerprint density at radius 3 is 1.84 bits per heavy atom. The van der Waals surface area contributed by atoms with Crippen LogP contribution in [-0.4, -0.2) is 253 Å². The van der Waals surface area contributed by atoms with Gasteiger partial charge in [0.2, 0.25) is 29.5 Å². The smallest absolute Gasteiger partial charge is 0.456 e. The fraction of sp³-hybridized carbons (Fsp3) is 0.567. The second-order valence-electron chi connectivity index (χ2n) is 32.1. The molecule has 0 radical (unpaired) electrons. The zero-order chi connectivity index (χ0) is 95.4. The van der Waals surface area contributed by atoms with E-state index < -0.39 is 153 Å². The zero-order valence-corrected chi connectivity index (χ0v) is 79.8. The number of alkyl carbamates (subject to hydrolysis) is 1. The summed E-state index contributed by atoms with van der Waals surface area (Å²) in [5.74, 6) is -8.84. The van der Waals surface area contributed by atoms with Crippen LogP contribution in [0.1, 0.15) is 164 Å². The van der Waals surface area contributed by atoms with Crippen molar-refractivity contribution < 1.29 is 127 Å². The number of thioether (sulfide) groups is 1. The minimum absolute atomic E-state index is 0.00762. The van der Waals surface area contributed by atoms with Crippen LogP contribution in [0.2, 0.25) is 0 Å². The van der Waals surface area contributed by atoms with Crippen molar-refractivity contribution in [2.45, 2.75) is 200 Å². The number of unbranched alkanes of at least 4 members (excludes halogenated alkanes) is 2. The minimum Gasteiger partial charge on any atom is -0.456 e. The second-order valence-corrected chi connectivity index (χ2v) is 38.3. The number of benzene rings is 4. The van der Waals surface area contributed by atoms with Crippen molar-refractivity contribution in [3.8, 4) is 0 Å². The number of ketones is 1. The zero-order valence-electron chi connectivity index (χ0n) is 76.4. The number of phosphoric acid groups is 2. The predicted molar refractivity (Wildman–Crippen MR) is 484 cm³/mol. The summed E-state index contributed by atoms with van der Waals surface area (Å²) in [5, 5.41) is 16.1. The van der Waals surface area contributed by atoms with Crippen molar-refractivity contribution in [2.24, 2.45) is 23.7 Å². The summed E-state index contributed by atoms with van der Waals surface area (Å²) in [5.41, 5.74) is 3.90. The molecule has 5 rings (SSSR count). The number of hydrogen-bond acceptors (Lipinski definition) is 26. The van der Waals surface area contributed by atoms with Crippen molar-refractivity contribution in [1.82, 2.24) is 41.7 Å². The summed E-state index contributed by atoms with van der Waals surface area (Å²) in [6.07, 6.45) is 0.0933. The first-order valence-electron chi connectivity index (χ1n) is 43.4. The molecule has 4 unspecified atom stereocenters. The lowest BCUT2D eigenvalue weighted by molar-refractivity contribution is -0.155. The predicted octanol–water partition coefficient (Wildman–Crippen LogP) is 9.86. The number of carbonyl (C=O) groups is 11. The molecule has 0 aliphatic carbocycles. The van der Waals surface area contributed by atoms with E-state index in [9.17, 15) is 80.1 Å². The molecule has 0 fully saturated rings.